The predicted molar refractivity (Wildman–Crippen MR) is 156 cm³/mol. The lowest BCUT2D eigenvalue weighted by Crippen LogP contribution is -2.51. The first-order valence-electron chi connectivity index (χ1n) is 14.8. The van der Waals surface area contributed by atoms with Crippen molar-refractivity contribution in [3.8, 4) is 0 Å². The Labute approximate surface area is 235 Å². The maximum atomic E-state index is 14.0. The van der Waals surface area contributed by atoms with Gasteiger partial charge in [-0.3, -0.25) is 19.4 Å². The average molecular weight is 540 g/mol. The Bertz CT molecular complexity index is 1030. The number of ether oxygens (including phenoxy) is 1. The number of rotatable bonds is 11. The van der Waals surface area contributed by atoms with Crippen LogP contribution in [0.4, 0.5) is 0 Å². The van der Waals surface area contributed by atoms with Gasteiger partial charge in [-0.05, 0) is 73.5 Å². The fraction of sp³-hybridized carbons (Fsp3) is 0.688. The molecular formula is C32H49N3O4. The molecule has 1 heterocycles. The van der Waals surface area contributed by atoms with Gasteiger partial charge in [0.15, 0.2) is 0 Å². The largest absolute Gasteiger partial charge is 0.469 e. The maximum absolute atomic E-state index is 14.0. The monoisotopic (exact) mass is 539 g/mol. The van der Waals surface area contributed by atoms with Crippen molar-refractivity contribution in [1.82, 2.24) is 10.2 Å². The molecule has 7 nitrogen and oxygen atoms in total. The zero-order valence-electron chi connectivity index (χ0n) is 25.1. The predicted octanol–water partition coefficient (Wildman–Crippen LogP) is 6.47. The zero-order chi connectivity index (χ0) is 28.8. The molecule has 1 spiro atoms. The summed E-state index contributed by atoms with van der Waals surface area (Å²) in [6.45, 7) is 13.6. The van der Waals surface area contributed by atoms with E-state index in [2.05, 4.69) is 56.5 Å². The van der Waals surface area contributed by atoms with Gasteiger partial charge in [0.2, 0.25) is 0 Å². The molecule has 1 aromatic rings. The summed E-state index contributed by atoms with van der Waals surface area (Å²) in [5.74, 6) is 0.484. The van der Waals surface area contributed by atoms with E-state index >= 15 is 0 Å². The molecule has 1 unspecified atom stereocenters. The summed E-state index contributed by atoms with van der Waals surface area (Å²) in [5, 5.41) is 2.77. The second-order valence-corrected chi connectivity index (χ2v) is 12.8. The third-order valence-corrected chi connectivity index (χ3v) is 8.41. The lowest BCUT2D eigenvalue weighted by molar-refractivity contribution is -0.140. The van der Waals surface area contributed by atoms with Crippen LogP contribution in [0.25, 0.3) is 0 Å². The van der Waals surface area contributed by atoms with Crippen molar-refractivity contribution in [2.24, 2.45) is 22.2 Å². The zero-order valence-corrected chi connectivity index (χ0v) is 25.1. The maximum Gasteiger partial charge on any atom is 0.307 e. The Morgan fingerprint density at radius 3 is 2.33 bits per heavy atom. The van der Waals surface area contributed by atoms with Crippen molar-refractivity contribution >= 4 is 23.5 Å². The van der Waals surface area contributed by atoms with E-state index < -0.39 is 5.66 Å². The van der Waals surface area contributed by atoms with Gasteiger partial charge >= 0.3 is 5.97 Å². The summed E-state index contributed by atoms with van der Waals surface area (Å²) in [5.41, 5.74) is 2.06. The minimum absolute atomic E-state index is 0.0867. The van der Waals surface area contributed by atoms with E-state index in [1.165, 1.54) is 7.11 Å². The molecule has 7 heteroatoms. The number of amides is 2. The minimum Gasteiger partial charge on any atom is -0.469 e. The van der Waals surface area contributed by atoms with Crippen molar-refractivity contribution in [2.45, 2.75) is 111 Å². The van der Waals surface area contributed by atoms with E-state index in [9.17, 15) is 14.4 Å². The fourth-order valence-electron chi connectivity index (χ4n) is 6.11. The molecule has 0 aromatic heterocycles. The highest BCUT2D eigenvalue weighted by Gasteiger charge is 2.52. The fourth-order valence-corrected chi connectivity index (χ4v) is 6.11. The SMILES string of the molecule is CCCCC(c1ccc(C(=O)NCCC(=O)OC)cc1)N1C(=O)C(CC(C)C)=NC12CCC(C(C)(C)C)CC2. The van der Waals surface area contributed by atoms with Gasteiger partial charge in [-0.1, -0.05) is 66.5 Å². The minimum atomic E-state index is -0.481. The van der Waals surface area contributed by atoms with Crippen LogP contribution in [-0.4, -0.2) is 47.7 Å². The number of carbonyl (C=O) groups excluding carboxylic acids is 3. The molecule has 1 aromatic carbocycles. The molecule has 1 N–H and O–H groups in total. The molecular weight excluding hydrogens is 490 g/mol. The van der Waals surface area contributed by atoms with Gasteiger partial charge in [-0.15, -0.1) is 0 Å². The van der Waals surface area contributed by atoms with E-state index in [4.69, 9.17) is 4.99 Å². The second kappa shape index (κ2) is 13.1. The summed E-state index contributed by atoms with van der Waals surface area (Å²) < 4.78 is 4.64. The van der Waals surface area contributed by atoms with Crippen LogP contribution in [-0.2, 0) is 14.3 Å². The molecule has 0 radical (unpaired) electrons. The van der Waals surface area contributed by atoms with E-state index in [0.29, 0.717) is 23.8 Å². The number of nitrogens with zero attached hydrogens (tertiary/aromatic N) is 2. The Morgan fingerprint density at radius 1 is 1.15 bits per heavy atom. The van der Waals surface area contributed by atoms with E-state index in [1.807, 2.05) is 24.3 Å². The van der Waals surface area contributed by atoms with E-state index in [0.717, 1.165) is 56.2 Å². The summed E-state index contributed by atoms with van der Waals surface area (Å²) in [6, 6.07) is 7.52. The quantitative estimate of drug-likeness (QED) is 0.326. The Kier molecular flexibility index (Phi) is 10.4. The van der Waals surface area contributed by atoms with Gasteiger partial charge < -0.3 is 15.0 Å². The Hall–Kier alpha value is -2.70. The number of hydrogen-bond donors (Lipinski definition) is 1. The van der Waals surface area contributed by atoms with Crippen LogP contribution >= 0.6 is 0 Å². The van der Waals surface area contributed by atoms with Crippen LogP contribution in [0.3, 0.4) is 0 Å². The van der Waals surface area contributed by atoms with E-state index in [-0.39, 0.29) is 42.2 Å². The molecule has 2 amide bonds. The number of nitrogens with one attached hydrogen (secondary N) is 1. The average Bonchev–Trinajstić information content (AvgIpc) is 3.13. The summed E-state index contributed by atoms with van der Waals surface area (Å²) in [6.07, 6.45) is 7.66. The van der Waals surface area contributed by atoms with Gasteiger partial charge in [-0.2, -0.15) is 0 Å². The van der Waals surface area contributed by atoms with Crippen molar-refractivity contribution in [2.75, 3.05) is 13.7 Å². The number of benzene rings is 1. The lowest BCUT2D eigenvalue weighted by Gasteiger charge is -2.47. The lowest BCUT2D eigenvalue weighted by atomic mass is 9.69. The Balaban J connectivity index is 1.88. The third-order valence-electron chi connectivity index (χ3n) is 8.41. The highest BCUT2D eigenvalue weighted by Crippen LogP contribution is 2.49. The summed E-state index contributed by atoms with van der Waals surface area (Å²) in [4.78, 5) is 45.4. The summed E-state index contributed by atoms with van der Waals surface area (Å²) >= 11 is 0. The first kappa shape index (κ1) is 30.8. The third kappa shape index (κ3) is 7.49. The van der Waals surface area contributed by atoms with Crippen LogP contribution in [0.15, 0.2) is 29.3 Å². The van der Waals surface area contributed by atoms with Gasteiger partial charge in [-0.25, -0.2) is 0 Å². The van der Waals surface area contributed by atoms with Crippen LogP contribution in [0.1, 0.15) is 121 Å². The van der Waals surface area contributed by atoms with Crippen LogP contribution in [0, 0.1) is 17.3 Å². The van der Waals surface area contributed by atoms with Crippen molar-refractivity contribution < 1.29 is 19.1 Å². The normalized spacial score (nSPS) is 22.3. The molecule has 1 aliphatic carbocycles. The molecule has 0 saturated heterocycles. The Morgan fingerprint density at radius 2 is 1.79 bits per heavy atom. The van der Waals surface area contributed by atoms with Crippen LogP contribution in [0.5, 0.6) is 0 Å². The smallest absolute Gasteiger partial charge is 0.307 e. The molecule has 1 saturated carbocycles. The molecule has 1 aliphatic heterocycles. The molecule has 0 bridgehead atoms. The molecule has 2 aliphatic rings. The summed E-state index contributed by atoms with van der Waals surface area (Å²) in [7, 11) is 1.33. The highest BCUT2D eigenvalue weighted by molar-refractivity contribution is 6.40. The first-order valence-corrected chi connectivity index (χ1v) is 14.8. The topological polar surface area (TPSA) is 88.1 Å². The molecule has 1 atom stereocenters. The van der Waals surface area contributed by atoms with Crippen molar-refractivity contribution in [3.05, 3.63) is 35.4 Å². The van der Waals surface area contributed by atoms with E-state index in [1.54, 1.807) is 0 Å². The molecule has 1 fully saturated rings. The number of methoxy groups -OCH3 is 1. The molecule has 3 rings (SSSR count). The van der Waals surface area contributed by atoms with Gasteiger partial charge in [0.1, 0.15) is 11.4 Å². The molecule has 39 heavy (non-hydrogen) atoms. The number of unbranched alkanes of at least 4 members (excludes halogenated alkanes) is 1. The van der Waals surface area contributed by atoms with Crippen molar-refractivity contribution in [3.63, 3.8) is 0 Å². The van der Waals surface area contributed by atoms with Gasteiger partial charge in [0.05, 0.1) is 19.6 Å². The first-order chi connectivity index (χ1) is 18.4. The second-order valence-electron chi connectivity index (χ2n) is 12.8. The number of hydrogen-bond acceptors (Lipinski definition) is 5. The van der Waals surface area contributed by atoms with Gasteiger partial charge in [0, 0.05) is 12.1 Å². The highest BCUT2D eigenvalue weighted by atomic mass is 16.5. The van der Waals surface area contributed by atoms with Crippen molar-refractivity contribution in [1.29, 1.82) is 0 Å². The molecule has 216 valence electrons. The number of esters is 1. The van der Waals surface area contributed by atoms with Crippen LogP contribution < -0.4 is 5.32 Å². The standard InChI is InChI=1S/C32H49N3O4/c1-8-9-10-27(23-11-13-24(14-12-23)29(37)33-20-17-28(36)39-7)35-30(38)26(21-22(2)3)34-32(35)18-15-25(16-19-32)31(4,5)6/h11-14,22,25,27H,8-10,15-21H2,1-7H3,(H,33,37). The van der Waals surface area contributed by atoms with Gasteiger partial charge in [0.25, 0.3) is 11.8 Å². The van der Waals surface area contributed by atoms with Crippen LogP contribution in [0.2, 0.25) is 0 Å². The number of carbonyl (C=O) groups is 3. The number of aliphatic imine (C=N–C) groups is 1.